The molecule has 2 aromatic heterocycles. The van der Waals surface area contributed by atoms with Crippen molar-refractivity contribution in [2.24, 2.45) is 5.92 Å². The van der Waals surface area contributed by atoms with Crippen molar-refractivity contribution >= 4 is 27.3 Å². The summed E-state index contributed by atoms with van der Waals surface area (Å²) in [6.07, 6.45) is 2.05. The van der Waals surface area contributed by atoms with Crippen LogP contribution in [-0.2, 0) is 0 Å². The number of nitrogens with one attached hydrogen (secondary N) is 1. The van der Waals surface area contributed by atoms with E-state index in [-0.39, 0.29) is 6.54 Å². The second-order valence-corrected chi connectivity index (χ2v) is 6.20. The first-order valence-corrected chi connectivity index (χ1v) is 7.64. The summed E-state index contributed by atoms with van der Waals surface area (Å²) < 4.78 is 27.4. The minimum Gasteiger partial charge on any atom is -0.368 e. The second kappa shape index (κ2) is 6.23. The molecule has 3 rings (SSSR count). The highest BCUT2D eigenvalue weighted by Crippen LogP contribution is 2.22. The number of aromatic nitrogens is 3. The Morgan fingerprint density at radius 3 is 3.14 bits per heavy atom. The molecule has 5 nitrogen and oxygen atoms in total. The number of nitrogens with zero attached hydrogens (tertiary/aromatic N) is 4. The van der Waals surface area contributed by atoms with Crippen molar-refractivity contribution in [3.05, 3.63) is 23.1 Å². The maximum atomic E-state index is 12.4. The van der Waals surface area contributed by atoms with Crippen LogP contribution in [0.1, 0.15) is 6.42 Å². The first kappa shape index (κ1) is 14.6. The second-order valence-electron chi connectivity index (χ2n) is 5.28. The number of halogens is 3. The summed E-state index contributed by atoms with van der Waals surface area (Å²) in [5.41, 5.74) is 0.895. The molecule has 0 radical (unpaired) electrons. The van der Waals surface area contributed by atoms with Gasteiger partial charge in [0, 0.05) is 23.8 Å². The summed E-state index contributed by atoms with van der Waals surface area (Å²) in [7, 11) is 0. The molecule has 21 heavy (non-hydrogen) atoms. The summed E-state index contributed by atoms with van der Waals surface area (Å²) >= 11 is 3.41. The maximum absolute atomic E-state index is 12.4. The molecule has 1 saturated heterocycles. The van der Waals surface area contributed by atoms with E-state index in [2.05, 4.69) is 31.3 Å². The van der Waals surface area contributed by atoms with E-state index in [1.165, 1.54) is 6.33 Å². The highest BCUT2D eigenvalue weighted by Gasteiger charge is 2.24. The van der Waals surface area contributed by atoms with Crippen molar-refractivity contribution in [2.75, 3.05) is 31.5 Å². The van der Waals surface area contributed by atoms with E-state index < -0.39 is 6.43 Å². The molecule has 0 bridgehead atoms. The minimum atomic E-state index is -2.25. The van der Waals surface area contributed by atoms with E-state index in [0.717, 1.165) is 35.3 Å². The third-order valence-corrected chi connectivity index (χ3v) is 4.13. The number of anilines is 1. The first-order chi connectivity index (χ1) is 10.1. The molecule has 0 saturated carbocycles. The third-order valence-electron chi connectivity index (χ3n) is 3.70. The number of alkyl halides is 2. The summed E-state index contributed by atoms with van der Waals surface area (Å²) in [5.74, 6) is 1.14. The van der Waals surface area contributed by atoms with Crippen LogP contribution in [0.4, 0.5) is 14.6 Å². The van der Waals surface area contributed by atoms with Gasteiger partial charge in [-0.05, 0) is 40.9 Å². The largest absolute Gasteiger partial charge is 0.368 e. The lowest BCUT2D eigenvalue weighted by molar-refractivity contribution is 0.0981. The minimum absolute atomic E-state index is 0.125. The third kappa shape index (κ3) is 3.49. The van der Waals surface area contributed by atoms with Gasteiger partial charge in [-0.2, -0.15) is 5.10 Å². The van der Waals surface area contributed by atoms with Crippen molar-refractivity contribution < 1.29 is 8.78 Å². The Kier molecular flexibility index (Phi) is 4.34. The molecule has 114 valence electrons. The lowest BCUT2D eigenvalue weighted by atomic mass is 10.1. The zero-order valence-corrected chi connectivity index (χ0v) is 12.9. The number of rotatable bonds is 5. The number of hydrogen-bond acceptors (Lipinski definition) is 4. The van der Waals surface area contributed by atoms with Gasteiger partial charge in [0.2, 0.25) is 0 Å². The Balaban J connectivity index is 1.60. The van der Waals surface area contributed by atoms with Gasteiger partial charge in [0.05, 0.1) is 6.54 Å². The highest BCUT2D eigenvalue weighted by molar-refractivity contribution is 9.10. The van der Waals surface area contributed by atoms with Gasteiger partial charge in [-0.25, -0.2) is 18.3 Å². The molecule has 3 heterocycles. The zero-order chi connectivity index (χ0) is 14.8. The predicted octanol–water partition coefficient (Wildman–Crippen LogP) is 2.49. The van der Waals surface area contributed by atoms with Gasteiger partial charge in [-0.15, -0.1) is 0 Å². The van der Waals surface area contributed by atoms with Gasteiger partial charge < -0.3 is 5.32 Å². The molecular formula is C13H16BrF2N5. The first-order valence-electron chi connectivity index (χ1n) is 6.85. The Hall–Kier alpha value is -1.28. The van der Waals surface area contributed by atoms with E-state index in [1.54, 1.807) is 4.52 Å². The van der Waals surface area contributed by atoms with Crippen molar-refractivity contribution in [1.82, 2.24) is 19.5 Å². The van der Waals surface area contributed by atoms with Crippen molar-refractivity contribution in [1.29, 1.82) is 0 Å². The molecule has 2 aromatic rings. The highest BCUT2D eigenvalue weighted by atomic mass is 79.9. The Morgan fingerprint density at radius 2 is 2.33 bits per heavy atom. The molecule has 1 atom stereocenters. The number of fused-ring (bicyclic) bond motifs is 1. The molecule has 1 unspecified atom stereocenters. The summed E-state index contributed by atoms with van der Waals surface area (Å²) in [6.45, 7) is 2.06. The molecule has 1 N–H and O–H groups in total. The Labute approximate surface area is 129 Å². The van der Waals surface area contributed by atoms with Crippen LogP contribution in [0.2, 0.25) is 0 Å². The average Bonchev–Trinajstić information content (AvgIpc) is 3.01. The zero-order valence-electron chi connectivity index (χ0n) is 11.3. The van der Waals surface area contributed by atoms with E-state index in [4.69, 9.17) is 0 Å². The molecule has 8 heteroatoms. The molecular weight excluding hydrogens is 344 g/mol. The van der Waals surface area contributed by atoms with Crippen LogP contribution in [0.15, 0.2) is 23.1 Å². The molecule has 1 aliphatic heterocycles. The lowest BCUT2D eigenvalue weighted by Gasteiger charge is -2.15. The number of likely N-dealkylation sites (tertiary alicyclic amines) is 1. The molecule has 0 aromatic carbocycles. The smallest absolute Gasteiger partial charge is 0.251 e. The predicted molar refractivity (Wildman–Crippen MR) is 79.7 cm³/mol. The fourth-order valence-electron chi connectivity index (χ4n) is 2.72. The van der Waals surface area contributed by atoms with Crippen LogP contribution in [0.25, 0.3) is 5.52 Å². The van der Waals surface area contributed by atoms with Gasteiger partial charge in [0.1, 0.15) is 11.8 Å². The van der Waals surface area contributed by atoms with Crippen LogP contribution in [-0.4, -0.2) is 52.1 Å². The Morgan fingerprint density at radius 1 is 1.48 bits per heavy atom. The van der Waals surface area contributed by atoms with E-state index >= 15 is 0 Å². The van der Waals surface area contributed by atoms with Crippen LogP contribution < -0.4 is 5.32 Å². The van der Waals surface area contributed by atoms with Crippen LogP contribution in [0, 0.1) is 5.92 Å². The standard InChI is InChI=1S/C13H16BrF2N5/c14-10-3-11-13(18-8-19-21(11)6-10)17-4-9-1-2-20(5-9)7-12(15)16/h3,6,8-9,12H,1-2,4-5,7H2,(H,17,18,19). The summed E-state index contributed by atoms with van der Waals surface area (Å²) in [5, 5.41) is 7.44. The van der Waals surface area contributed by atoms with E-state index in [1.807, 2.05) is 17.2 Å². The fourth-order valence-corrected chi connectivity index (χ4v) is 3.13. The maximum Gasteiger partial charge on any atom is 0.251 e. The summed E-state index contributed by atoms with van der Waals surface area (Å²) in [6, 6.07) is 1.94. The van der Waals surface area contributed by atoms with Crippen molar-refractivity contribution in [3.63, 3.8) is 0 Å². The fraction of sp³-hybridized carbons (Fsp3) is 0.538. The van der Waals surface area contributed by atoms with Gasteiger partial charge in [-0.1, -0.05) is 0 Å². The van der Waals surface area contributed by atoms with Gasteiger partial charge in [0.25, 0.3) is 6.43 Å². The molecule has 0 amide bonds. The van der Waals surface area contributed by atoms with Crippen LogP contribution in [0.3, 0.4) is 0 Å². The van der Waals surface area contributed by atoms with Crippen molar-refractivity contribution in [2.45, 2.75) is 12.8 Å². The molecule has 0 aliphatic carbocycles. The summed E-state index contributed by atoms with van der Waals surface area (Å²) in [4.78, 5) is 6.07. The van der Waals surface area contributed by atoms with Gasteiger partial charge in [0.15, 0.2) is 5.82 Å². The quantitative estimate of drug-likeness (QED) is 0.890. The van der Waals surface area contributed by atoms with Gasteiger partial charge >= 0.3 is 0 Å². The van der Waals surface area contributed by atoms with Crippen LogP contribution >= 0.6 is 15.9 Å². The normalized spacial score (nSPS) is 19.7. The Bertz CT molecular complexity index is 618. The topological polar surface area (TPSA) is 45.5 Å². The average molecular weight is 360 g/mol. The molecule has 0 spiro atoms. The molecule has 1 aliphatic rings. The van der Waals surface area contributed by atoms with Gasteiger partial charge in [-0.3, -0.25) is 4.90 Å². The number of hydrogen-bond donors (Lipinski definition) is 1. The van der Waals surface area contributed by atoms with E-state index in [9.17, 15) is 8.78 Å². The SMILES string of the molecule is FC(F)CN1CCC(CNc2ncnn3cc(Br)cc23)C1. The van der Waals surface area contributed by atoms with E-state index in [0.29, 0.717) is 12.5 Å². The van der Waals surface area contributed by atoms with Crippen LogP contribution in [0.5, 0.6) is 0 Å². The monoisotopic (exact) mass is 359 g/mol. The lowest BCUT2D eigenvalue weighted by Crippen LogP contribution is -2.27. The molecule has 1 fully saturated rings. The van der Waals surface area contributed by atoms with Crippen molar-refractivity contribution in [3.8, 4) is 0 Å².